The minimum absolute atomic E-state index is 0.0166. The average Bonchev–Trinajstić information content (AvgIpc) is 2.83. The molecule has 1 aromatic heterocycles. The number of carbonyl (C=O) groups excluding carboxylic acids is 1. The third-order valence-electron chi connectivity index (χ3n) is 2.12. The van der Waals surface area contributed by atoms with Gasteiger partial charge in [0.2, 0.25) is 5.76 Å². The Kier molecular flexibility index (Phi) is 3.74. The number of methoxy groups -OCH3 is 1. The topological polar surface area (TPSA) is 64.4 Å². The van der Waals surface area contributed by atoms with Crippen molar-refractivity contribution in [2.75, 3.05) is 12.4 Å². The number of hydrogen-bond donors (Lipinski definition) is 1. The number of nitrogens with zero attached hydrogens (tertiary/aromatic N) is 1. The van der Waals surface area contributed by atoms with Gasteiger partial charge in [-0.2, -0.15) is 0 Å². The van der Waals surface area contributed by atoms with Crippen molar-refractivity contribution < 1.29 is 14.1 Å². The molecule has 0 saturated heterocycles. The molecule has 18 heavy (non-hydrogen) atoms. The lowest BCUT2D eigenvalue weighted by atomic mass is 10.3. The van der Waals surface area contributed by atoms with E-state index in [9.17, 15) is 4.79 Å². The second-order valence-electron chi connectivity index (χ2n) is 3.29. The van der Waals surface area contributed by atoms with E-state index in [2.05, 4.69) is 10.5 Å². The summed E-state index contributed by atoms with van der Waals surface area (Å²) in [6, 6.07) is 6.29. The number of aromatic nitrogens is 1. The molecule has 0 radical (unpaired) electrons. The summed E-state index contributed by atoms with van der Waals surface area (Å²) in [6.45, 7) is 0. The van der Waals surface area contributed by atoms with E-state index in [1.807, 2.05) is 0 Å². The van der Waals surface area contributed by atoms with Crippen LogP contribution in [0, 0.1) is 0 Å². The van der Waals surface area contributed by atoms with Crippen molar-refractivity contribution in [1.82, 2.24) is 5.16 Å². The zero-order valence-electron chi connectivity index (χ0n) is 9.24. The first kappa shape index (κ1) is 12.7. The zero-order valence-corrected chi connectivity index (χ0v) is 10.7. The Balaban J connectivity index is 2.18. The lowest BCUT2D eigenvalue weighted by Crippen LogP contribution is -2.11. The van der Waals surface area contributed by atoms with E-state index in [0.29, 0.717) is 10.7 Å². The maximum Gasteiger partial charge on any atom is 0.294 e. The Bertz CT molecular complexity index is 583. The van der Waals surface area contributed by atoms with Gasteiger partial charge in [-0.05, 0) is 17.3 Å². The Morgan fingerprint density at radius 2 is 2.22 bits per heavy atom. The van der Waals surface area contributed by atoms with Gasteiger partial charge in [-0.1, -0.05) is 29.3 Å². The number of ether oxygens (including phenoxy) is 1. The number of benzene rings is 1. The molecule has 94 valence electrons. The van der Waals surface area contributed by atoms with Gasteiger partial charge in [0.05, 0.1) is 28.9 Å². The number of hydrogen-bond acceptors (Lipinski definition) is 4. The number of nitrogens with one attached hydrogen (secondary N) is 1. The molecular formula is C11H8Cl2N2O3. The summed E-state index contributed by atoms with van der Waals surface area (Å²) in [5.74, 6) is -0.254. The molecule has 1 heterocycles. The molecule has 0 saturated carbocycles. The maximum atomic E-state index is 11.8. The average molecular weight is 287 g/mol. The van der Waals surface area contributed by atoms with Crippen LogP contribution in [0.25, 0.3) is 0 Å². The van der Waals surface area contributed by atoms with Crippen LogP contribution in [0.1, 0.15) is 10.6 Å². The van der Waals surface area contributed by atoms with Crippen molar-refractivity contribution in [1.29, 1.82) is 0 Å². The van der Waals surface area contributed by atoms with Crippen LogP contribution in [0.5, 0.6) is 5.88 Å². The van der Waals surface area contributed by atoms with Crippen LogP contribution in [0.15, 0.2) is 28.8 Å². The zero-order chi connectivity index (χ0) is 13.1. The van der Waals surface area contributed by atoms with Crippen molar-refractivity contribution in [3.63, 3.8) is 0 Å². The summed E-state index contributed by atoms with van der Waals surface area (Å²) >= 11 is 11.8. The first-order valence-electron chi connectivity index (χ1n) is 4.88. The molecule has 7 heteroatoms. The molecule has 1 amide bonds. The van der Waals surface area contributed by atoms with Crippen LogP contribution >= 0.6 is 23.2 Å². The minimum atomic E-state index is -0.491. The molecule has 0 unspecified atom stereocenters. The van der Waals surface area contributed by atoms with Crippen LogP contribution in [0.4, 0.5) is 5.69 Å². The van der Waals surface area contributed by atoms with Crippen LogP contribution in [0.2, 0.25) is 10.0 Å². The molecule has 0 aliphatic carbocycles. The summed E-state index contributed by atoms with van der Waals surface area (Å²) in [7, 11) is 1.42. The fraction of sp³-hybridized carbons (Fsp3) is 0.0909. The van der Waals surface area contributed by atoms with Crippen molar-refractivity contribution in [3.05, 3.63) is 40.1 Å². The summed E-state index contributed by atoms with van der Waals surface area (Å²) in [5, 5.41) is 6.69. The number of anilines is 1. The molecular weight excluding hydrogens is 279 g/mol. The van der Waals surface area contributed by atoms with E-state index >= 15 is 0 Å². The van der Waals surface area contributed by atoms with E-state index in [4.69, 9.17) is 32.5 Å². The molecule has 0 bridgehead atoms. The lowest BCUT2D eigenvalue weighted by molar-refractivity contribution is 0.0987. The number of amides is 1. The Hall–Kier alpha value is -1.72. The van der Waals surface area contributed by atoms with Crippen LogP contribution in [0.3, 0.4) is 0 Å². The Morgan fingerprint density at radius 3 is 2.89 bits per heavy atom. The second kappa shape index (κ2) is 5.29. The van der Waals surface area contributed by atoms with Crippen molar-refractivity contribution >= 4 is 34.8 Å². The Morgan fingerprint density at radius 1 is 1.44 bits per heavy atom. The van der Waals surface area contributed by atoms with Crippen LogP contribution in [-0.4, -0.2) is 18.2 Å². The predicted molar refractivity (Wildman–Crippen MR) is 67.5 cm³/mol. The first-order valence-corrected chi connectivity index (χ1v) is 5.63. The highest BCUT2D eigenvalue weighted by Crippen LogP contribution is 2.29. The third kappa shape index (κ3) is 2.57. The van der Waals surface area contributed by atoms with E-state index in [-0.39, 0.29) is 16.7 Å². The number of halogens is 2. The molecule has 0 fully saturated rings. The maximum absolute atomic E-state index is 11.8. The SMILES string of the molecule is COc1cc(C(=O)Nc2cccc(Cl)c2Cl)on1. The van der Waals surface area contributed by atoms with Gasteiger partial charge in [0.15, 0.2) is 0 Å². The summed E-state index contributed by atoms with van der Waals surface area (Å²) in [4.78, 5) is 11.8. The highest BCUT2D eigenvalue weighted by molar-refractivity contribution is 6.44. The molecule has 0 spiro atoms. The molecule has 2 rings (SSSR count). The second-order valence-corrected chi connectivity index (χ2v) is 4.07. The lowest BCUT2D eigenvalue weighted by Gasteiger charge is -2.05. The third-order valence-corrected chi connectivity index (χ3v) is 2.94. The van der Waals surface area contributed by atoms with Gasteiger partial charge in [-0.15, -0.1) is 0 Å². The van der Waals surface area contributed by atoms with Gasteiger partial charge in [0, 0.05) is 0 Å². The van der Waals surface area contributed by atoms with Crippen molar-refractivity contribution in [2.24, 2.45) is 0 Å². The molecule has 2 aromatic rings. The summed E-state index contributed by atoms with van der Waals surface area (Å²) in [6.07, 6.45) is 0. The normalized spacial score (nSPS) is 10.2. The van der Waals surface area contributed by atoms with E-state index in [1.165, 1.54) is 13.2 Å². The van der Waals surface area contributed by atoms with Crippen LogP contribution < -0.4 is 10.1 Å². The van der Waals surface area contributed by atoms with Gasteiger partial charge in [0.1, 0.15) is 0 Å². The van der Waals surface area contributed by atoms with Gasteiger partial charge in [0.25, 0.3) is 11.8 Å². The summed E-state index contributed by atoms with van der Waals surface area (Å²) < 4.78 is 9.60. The smallest absolute Gasteiger partial charge is 0.294 e. The van der Waals surface area contributed by atoms with E-state index in [0.717, 1.165) is 0 Å². The van der Waals surface area contributed by atoms with Crippen molar-refractivity contribution in [2.45, 2.75) is 0 Å². The highest BCUT2D eigenvalue weighted by Gasteiger charge is 2.15. The summed E-state index contributed by atoms with van der Waals surface area (Å²) in [5.41, 5.74) is 0.393. The number of carbonyl (C=O) groups is 1. The first-order chi connectivity index (χ1) is 8.61. The largest absolute Gasteiger partial charge is 0.479 e. The Labute approximate surface area is 113 Å². The van der Waals surface area contributed by atoms with E-state index in [1.54, 1.807) is 18.2 Å². The molecule has 0 atom stereocenters. The standard InChI is InChI=1S/C11H8Cl2N2O3/c1-17-9-5-8(18-15-9)11(16)14-7-4-2-3-6(12)10(7)13/h2-5H,1H3,(H,14,16). The molecule has 0 aliphatic heterocycles. The van der Waals surface area contributed by atoms with Crippen LogP contribution in [-0.2, 0) is 0 Å². The van der Waals surface area contributed by atoms with Gasteiger partial charge < -0.3 is 14.6 Å². The minimum Gasteiger partial charge on any atom is -0.479 e. The van der Waals surface area contributed by atoms with Crippen molar-refractivity contribution in [3.8, 4) is 5.88 Å². The highest BCUT2D eigenvalue weighted by atomic mass is 35.5. The fourth-order valence-corrected chi connectivity index (χ4v) is 1.59. The quantitative estimate of drug-likeness (QED) is 0.941. The fourth-order valence-electron chi connectivity index (χ4n) is 1.25. The molecule has 0 aliphatic rings. The predicted octanol–water partition coefficient (Wildman–Crippen LogP) is 3.24. The number of rotatable bonds is 3. The van der Waals surface area contributed by atoms with Gasteiger partial charge >= 0.3 is 0 Å². The van der Waals surface area contributed by atoms with E-state index < -0.39 is 5.91 Å². The molecule has 1 aromatic carbocycles. The van der Waals surface area contributed by atoms with Gasteiger partial charge in [-0.3, -0.25) is 4.79 Å². The monoisotopic (exact) mass is 286 g/mol. The molecule has 1 N–H and O–H groups in total. The van der Waals surface area contributed by atoms with Gasteiger partial charge in [-0.25, -0.2) is 0 Å². The molecule has 5 nitrogen and oxygen atoms in total.